The molecule has 0 radical (unpaired) electrons. The lowest BCUT2D eigenvalue weighted by Gasteiger charge is -2.12. The van der Waals surface area contributed by atoms with E-state index < -0.39 is 34.9 Å². The van der Waals surface area contributed by atoms with Gasteiger partial charge >= 0.3 is 11.9 Å². The minimum Gasteiger partial charge on any atom is -0.478 e. The van der Waals surface area contributed by atoms with Crippen molar-refractivity contribution in [2.75, 3.05) is 13.6 Å². The summed E-state index contributed by atoms with van der Waals surface area (Å²) in [5.74, 6) is -4.26. The average molecular weight is 364 g/mol. The molecule has 2 amide bonds. The molecule has 4 N–H and O–H groups in total. The molecule has 0 unspecified atom stereocenters. The van der Waals surface area contributed by atoms with Crippen LogP contribution in [0.15, 0.2) is 12.1 Å². The average Bonchev–Trinajstić information content (AvgIpc) is 2.62. The molecule has 8 heteroatoms. The predicted molar refractivity (Wildman–Crippen MR) is 94.8 cm³/mol. The number of benzene rings is 1. The third-order valence-electron chi connectivity index (χ3n) is 3.90. The molecule has 0 aromatic heterocycles. The van der Waals surface area contributed by atoms with Crippen molar-refractivity contribution in [2.45, 2.75) is 39.0 Å². The van der Waals surface area contributed by atoms with Gasteiger partial charge in [-0.1, -0.05) is 32.6 Å². The van der Waals surface area contributed by atoms with E-state index in [1.165, 1.54) is 7.05 Å². The highest BCUT2D eigenvalue weighted by Gasteiger charge is 2.25. The van der Waals surface area contributed by atoms with Gasteiger partial charge in [-0.2, -0.15) is 0 Å². The first-order valence-electron chi connectivity index (χ1n) is 8.48. The summed E-state index contributed by atoms with van der Waals surface area (Å²) in [6.45, 7) is 2.46. The molecule has 0 atom stereocenters. The third kappa shape index (κ3) is 5.58. The van der Waals surface area contributed by atoms with Crippen molar-refractivity contribution >= 4 is 23.8 Å². The second-order valence-corrected chi connectivity index (χ2v) is 5.80. The van der Waals surface area contributed by atoms with Crippen LogP contribution >= 0.6 is 0 Å². The molecule has 0 bridgehead atoms. The summed E-state index contributed by atoms with van der Waals surface area (Å²) in [7, 11) is 1.30. The molecule has 1 aromatic carbocycles. The Labute approximate surface area is 151 Å². The van der Waals surface area contributed by atoms with Crippen LogP contribution in [-0.2, 0) is 0 Å². The van der Waals surface area contributed by atoms with Crippen molar-refractivity contribution in [3.05, 3.63) is 34.4 Å². The van der Waals surface area contributed by atoms with E-state index in [1.54, 1.807) is 0 Å². The number of hydrogen-bond acceptors (Lipinski definition) is 4. The van der Waals surface area contributed by atoms with Crippen LogP contribution in [0.2, 0.25) is 0 Å². The Morgan fingerprint density at radius 2 is 1.31 bits per heavy atom. The molecule has 26 heavy (non-hydrogen) atoms. The summed E-state index contributed by atoms with van der Waals surface area (Å²) < 4.78 is 0. The summed E-state index contributed by atoms with van der Waals surface area (Å²) in [4.78, 5) is 47.0. The summed E-state index contributed by atoms with van der Waals surface area (Å²) in [5.41, 5.74) is -1.44. The number of aromatic carboxylic acids is 2. The van der Waals surface area contributed by atoms with Gasteiger partial charge < -0.3 is 20.8 Å². The summed E-state index contributed by atoms with van der Waals surface area (Å²) in [6, 6.07) is 1.85. The Bertz CT molecular complexity index is 699. The molecule has 1 rings (SSSR count). The molecule has 0 aliphatic rings. The number of nitrogens with one attached hydrogen (secondary N) is 2. The van der Waals surface area contributed by atoms with E-state index in [0.29, 0.717) is 6.54 Å². The van der Waals surface area contributed by atoms with Gasteiger partial charge in [0.05, 0.1) is 22.3 Å². The van der Waals surface area contributed by atoms with Crippen LogP contribution in [-0.4, -0.2) is 47.6 Å². The zero-order chi connectivity index (χ0) is 19.7. The van der Waals surface area contributed by atoms with E-state index in [9.17, 15) is 29.4 Å². The van der Waals surface area contributed by atoms with E-state index >= 15 is 0 Å². The van der Waals surface area contributed by atoms with Crippen LogP contribution in [0.3, 0.4) is 0 Å². The molecule has 0 fully saturated rings. The summed E-state index contributed by atoms with van der Waals surface area (Å²) in [6.07, 6.45) is 4.95. The quantitative estimate of drug-likeness (QED) is 0.470. The minimum atomic E-state index is -1.42. The van der Waals surface area contributed by atoms with E-state index in [2.05, 4.69) is 17.6 Å². The first-order valence-corrected chi connectivity index (χ1v) is 8.48. The van der Waals surface area contributed by atoms with Gasteiger partial charge in [-0.3, -0.25) is 9.59 Å². The van der Waals surface area contributed by atoms with Crippen molar-refractivity contribution in [1.82, 2.24) is 10.6 Å². The Hall–Kier alpha value is -2.90. The van der Waals surface area contributed by atoms with E-state index in [0.717, 1.165) is 44.2 Å². The lowest BCUT2D eigenvalue weighted by Crippen LogP contribution is -2.28. The van der Waals surface area contributed by atoms with Crippen LogP contribution in [0.4, 0.5) is 0 Å². The largest absolute Gasteiger partial charge is 0.478 e. The fourth-order valence-electron chi connectivity index (χ4n) is 2.49. The predicted octanol–water partition coefficient (Wildman–Crippen LogP) is 2.14. The van der Waals surface area contributed by atoms with E-state index in [4.69, 9.17) is 0 Å². The molecular weight excluding hydrogens is 340 g/mol. The van der Waals surface area contributed by atoms with Crippen LogP contribution in [0.5, 0.6) is 0 Å². The first kappa shape index (κ1) is 21.1. The number of hydrogen-bond donors (Lipinski definition) is 4. The molecule has 142 valence electrons. The van der Waals surface area contributed by atoms with Crippen LogP contribution in [0, 0.1) is 0 Å². The van der Waals surface area contributed by atoms with Gasteiger partial charge in [-0.25, -0.2) is 9.59 Å². The number of unbranched alkanes of at least 4 members (excludes halogenated alkanes) is 4. The van der Waals surface area contributed by atoms with E-state index in [1.807, 2.05) is 0 Å². The van der Waals surface area contributed by atoms with Crippen molar-refractivity contribution in [2.24, 2.45) is 0 Å². The molecular formula is C18H24N2O6. The third-order valence-corrected chi connectivity index (χ3v) is 3.90. The first-order chi connectivity index (χ1) is 12.3. The Morgan fingerprint density at radius 1 is 0.808 bits per heavy atom. The number of carboxylic acids is 2. The monoisotopic (exact) mass is 364 g/mol. The molecule has 8 nitrogen and oxygen atoms in total. The second-order valence-electron chi connectivity index (χ2n) is 5.80. The molecule has 1 aromatic rings. The number of rotatable bonds is 10. The molecule has 0 aliphatic heterocycles. The van der Waals surface area contributed by atoms with Gasteiger partial charge in [-0.05, 0) is 18.6 Å². The van der Waals surface area contributed by atoms with Crippen LogP contribution in [0.1, 0.15) is 80.5 Å². The Kier molecular flexibility index (Phi) is 8.27. The van der Waals surface area contributed by atoms with E-state index in [-0.39, 0.29) is 11.1 Å². The number of carboxylic acid groups (broad SMARTS) is 2. The molecule has 0 heterocycles. The van der Waals surface area contributed by atoms with Gasteiger partial charge in [0, 0.05) is 13.6 Å². The molecule has 0 spiro atoms. The van der Waals surface area contributed by atoms with Crippen molar-refractivity contribution in [1.29, 1.82) is 0 Å². The normalized spacial score (nSPS) is 10.2. The van der Waals surface area contributed by atoms with Gasteiger partial charge in [-0.15, -0.1) is 0 Å². The standard InChI is InChI=1S/C18H24N2O6/c1-3-4-5-6-7-8-20-16(22)12-10-13(17(23)24)11(15(21)19-2)9-14(12)18(25)26/h9-10H,3-8H2,1-2H3,(H,19,21)(H,20,22)(H,23,24)(H,25,26). The SMILES string of the molecule is CCCCCCCNC(=O)c1cc(C(=O)O)c(C(=O)NC)cc1C(=O)O. The summed E-state index contributed by atoms with van der Waals surface area (Å²) >= 11 is 0. The van der Waals surface area contributed by atoms with Gasteiger partial charge in [0.1, 0.15) is 0 Å². The number of amides is 2. The Balaban J connectivity index is 3.07. The fourth-order valence-corrected chi connectivity index (χ4v) is 2.49. The number of carbonyl (C=O) groups is 4. The van der Waals surface area contributed by atoms with Crippen LogP contribution in [0.25, 0.3) is 0 Å². The smallest absolute Gasteiger partial charge is 0.336 e. The highest BCUT2D eigenvalue weighted by atomic mass is 16.4. The maximum atomic E-state index is 12.3. The molecule has 0 saturated heterocycles. The zero-order valence-electron chi connectivity index (χ0n) is 14.9. The zero-order valence-corrected chi connectivity index (χ0v) is 14.9. The lowest BCUT2D eigenvalue weighted by molar-refractivity contribution is 0.0675. The molecule has 0 aliphatic carbocycles. The maximum Gasteiger partial charge on any atom is 0.336 e. The molecule has 0 saturated carbocycles. The maximum absolute atomic E-state index is 12.3. The van der Waals surface area contributed by atoms with Gasteiger partial charge in [0.2, 0.25) is 0 Å². The van der Waals surface area contributed by atoms with Crippen molar-refractivity contribution < 1.29 is 29.4 Å². The lowest BCUT2D eigenvalue weighted by atomic mass is 9.97. The van der Waals surface area contributed by atoms with Gasteiger partial charge in [0.15, 0.2) is 0 Å². The number of carbonyl (C=O) groups excluding carboxylic acids is 2. The fraction of sp³-hybridized carbons (Fsp3) is 0.444. The van der Waals surface area contributed by atoms with Gasteiger partial charge in [0.25, 0.3) is 11.8 Å². The highest BCUT2D eigenvalue weighted by molar-refractivity contribution is 6.11. The van der Waals surface area contributed by atoms with Crippen molar-refractivity contribution in [3.8, 4) is 0 Å². The second kappa shape index (κ2) is 10.2. The Morgan fingerprint density at radius 3 is 1.77 bits per heavy atom. The van der Waals surface area contributed by atoms with Crippen molar-refractivity contribution in [3.63, 3.8) is 0 Å². The topological polar surface area (TPSA) is 133 Å². The summed E-state index contributed by atoms with van der Waals surface area (Å²) in [5, 5.41) is 23.5. The minimum absolute atomic E-state index is 0.281. The highest BCUT2D eigenvalue weighted by Crippen LogP contribution is 2.18. The van der Waals surface area contributed by atoms with Crippen LogP contribution < -0.4 is 10.6 Å².